The predicted molar refractivity (Wildman–Crippen MR) is 53.0 cm³/mol. The van der Waals surface area contributed by atoms with Crippen molar-refractivity contribution in [2.45, 2.75) is 32.7 Å². The summed E-state index contributed by atoms with van der Waals surface area (Å²) in [5.74, 6) is 0.549. The van der Waals surface area contributed by atoms with Crippen LogP contribution in [0.1, 0.15) is 26.7 Å². The van der Waals surface area contributed by atoms with Gasteiger partial charge in [0.25, 0.3) is 0 Å². The molecule has 1 fully saturated rings. The van der Waals surface area contributed by atoms with Gasteiger partial charge in [-0.25, -0.2) is 4.79 Å². The number of hydrogen-bond acceptors (Lipinski definition) is 3. The number of aliphatic hydroxyl groups excluding tert-OH is 1. The Bertz CT molecular complexity index is 196. The van der Waals surface area contributed by atoms with Crippen LogP contribution in [-0.2, 0) is 4.74 Å². The van der Waals surface area contributed by atoms with Crippen LogP contribution in [0.3, 0.4) is 0 Å². The van der Waals surface area contributed by atoms with Crippen LogP contribution < -0.4 is 0 Å². The van der Waals surface area contributed by atoms with Gasteiger partial charge in [-0.1, -0.05) is 6.92 Å². The first kappa shape index (κ1) is 11.3. The first-order valence-electron chi connectivity index (χ1n) is 5.19. The van der Waals surface area contributed by atoms with Crippen LogP contribution >= 0.6 is 0 Å². The summed E-state index contributed by atoms with van der Waals surface area (Å²) in [4.78, 5) is 13.3. The Morgan fingerprint density at radius 1 is 1.50 bits per heavy atom. The lowest BCUT2D eigenvalue weighted by Gasteiger charge is -2.35. The molecule has 1 aliphatic heterocycles. The first-order valence-corrected chi connectivity index (χ1v) is 5.19. The number of hydrogen-bond donors (Lipinski definition) is 1. The molecule has 1 saturated heterocycles. The molecule has 4 heteroatoms. The van der Waals surface area contributed by atoms with E-state index in [-0.39, 0.29) is 25.3 Å². The molecule has 82 valence electrons. The molecular weight excluding hydrogens is 182 g/mol. The molecule has 0 saturated carbocycles. The maximum absolute atomic E-state index is 11.5. The molecule has 0 aliphatic carbocycles. The summed E-state index contributed by atoms with van der Waals surface area (Å²) >= 11 is 0. The molecule has 1 rings (SSSR count). The van der Waals surface area contributed by atoms with Gasteiger partial charge in [-0.15, -0.1) is 0 Å². The standard InChI is InChI=1S/C10H19NO3/c1-8-3-4-9(2)11(7-8)10(13)14-6-5-12/h8-9,12H,3-7H2,1-2H3. The maximum atomic E-state index is 11.5. The highest BCUT2D eigenvalue weighted by Crippen LogP contribution is 2.21. The second-order valence-electron chi connectivity index (χ2n) is 4.02. The summed E-state index contributed by atoms with van der Waals surface area (Å²) in [7, 11) is 0. The van der Waals surface area contributed by atoms with E-state index in [1.165, 1.54) is 6.42 Å². The molecule has 0 aromatic heterocycles. The fourth-order valence-corrected chi connectivity index (χ4v) is 1.76. The van der Waals surface area contributed by atoms with Crippen molar-refractivity contribution in [3.63, 3.8) is 0 Å². The van der Waals surface area contributed by atoms with Gasteiger partial charge in [0.05, 0.1) is 6.61 Å². The maximum Gasteiger partial charge on any atom is 0.410 e. The van der Waals surface area contributed by atoms with Crippen LogP contribution in [0.15, 0.2) is 0 Å². The molecule has 1 amide bonds. The van der Waals surface area contributed by atoms with Crippen LogP contribution in [0.4, 0.5) is 4.79 Å². The van der Waals surface area contributed by atoms with Gasteiger partial charge in [-0.3, -0.25) is 0 Å². The van der Waals surface area contributed by atoms with Crippen molar-refractivity contribution < 1.29 is 14.6 Å². The number of likely N-dealkylation sites (tertiary alicyclic amines) is 1. The molecule has 14 heavy (non-hydrogen) atoms. The molecular formula is C10H19NO3. The minimum absolute atomic E-state index is 0.0937. The Hall–Kier alpha value is -0.770. The van der Waals surface area contributed by atoms with Crippen molar-refractivity contribution in [2.75, 3.05) is 19.8 Å². The number of rotatable bonds is 2. The zero-order chi connectivity index (χ0) is 10.6. The summed E-state index contributed by atoms with van der Waals surface area (Å²) in [6, 6.07) is 0.261. The fourth-order valence-electron chi connectivity index (χ4n) is 1.76. The Morgan fingerprint density at radius 3 is 2.86 bits per heavy atom. The molecule has 2 atom stereocenters. The highest BCUT2D eigenvalue weighted by Gasteiger charge is 2.27. The average Bonchev–Trinajstić information content (AvgIpc) is 2.18. The Labute approximate surface area is 84.8 Å². The summed E-state index contributed by atoms with van der Waals surface area (Å²) in [5, 5.41) is 8.54. The number of carbonyl (C=O) groups excluding carboxylic acids is 1. The summed E-state index contributed by atoms with van der Waals surface area (Å²) in [6.45, 7) is 4.93. The van der Waals surface area contributed by atoms with E-state index in [1.807, 2.05) is 6.92 Å². The summed E-state index contributed by atoms with van der Waals surface area (Å²) < 4.78 is 4.89. The summed E-state index contributed by atoms with van der Waals surface area (Å²) in [6.07, 6.45) is 1.92. The smallest absolute Gasteiger partial charge is 0.410 e. The van der Waals surface area contributed by atoms with E-state index in [9.17, 15) is 4.79 Å². The number of ether oxygens (including phenoxy) is 1. The third-order valence-electron chi connectivity index (χ3n) is 2.67. The highest BCUT2D eigenvalue weighted by molar-refractivity contribution is 5.68. The largest absolute Gasteiger partial charge is 0.447 e. The third kappa shape index (κ3) is 2.87. The second kappa shape index (κ2) is 5.20. The average molecular weight is 201 g/mol. The van der Waals surface area contributed by atoms with Gasteiger partial charge in [0.1, 0.15) is 6.61 Å². The fraction of sp³-hybridized carbons (Fsp3) is 0.900. The van der Waals surface area contributed by atoms with Gasteiger partial charge >= 0.3 is 6.09 Å². The minimum atomic E-state index is -0.293. The first-order chi connectivity index (χ1) is 6.65. The van der Waals surface area contributed by atoms with E-state index in [1.54, 1.807) is 4.90 Å². The van der Waals surface area contributed by atoms with Crippen LogP contribution in [0, 0.1) is 5.92 Å². The van der Waals surface area contributed by atoms with E-state index in [4.69, 9.17) is 9.84 Å². The SMILES string of the molecule is CC1CCC(C)N(C(=O)OCCO)C1. The van der Waals surface area contributed by atoms with E-state index in [0.717, 1.165) is 13.0 Å². The lowest BCUT2D eigenvalue weighted by Crippen LogP contribution is -2.45. The topological polar surface area (TPSA) is 49.8 Å². The van der Waals surface area contributed by atoms with Gasteiger partial charge in [-0.05, 0) is 25.7 Å². The number of nitrogens with zero attached hydrogens (tertiary/aromatic N) is 1. The van der Waals surface area contributed by atoms with Crippen LogP contribution in [0.25, 0.3) is 0 Å². The molecule has 0 spiro atoms. The summed E-state index contributed by atoms with van der Waals surface area (Å²) in [5.41, 5.74) is 0. The molecule has 0 aromatic carbocycles. The minimum Gasteiger partial charge on any atom is -0.447 e. The lowest BCUT2D eigenvalue weighted by molar-refractivity contribution is 0.0548. The quantitative estimate of drug-likeness (QED) is 0.731. The molecule has 0 radical (unpaired) electrons. The van der Waals surface area contributed by atoms with E-state index >= 15 is 0 Å². The normalized spacial score (nSPS) is 27.5. The van der Waals surface area contributed by atoms with Crippen molar-refractivity contribution >= 4 is 6.09 Å². The van der Waals surface area contributed by atoms with Gasteiger partial charge in [0.2, 0.25) is 0 Å². The number of aliphatic hydroxyl groups is 1. The molecule has 1 N–H and O–H groups in total. The second-order valence-corrected chi connectivity index (χ2v) is 4.02. The van der Waals surface area contributed by atoms with Gasteiger partial charge in [0, 0.05) is 12.6 Å². The lowest BCUT2D eigenvalue weighted by atomic mass is 9.96. The predicted octanol–water partition coefficient (Wildman–Crippen LogP) is 1.24. The monoisotopic (exact) mass is 201 g/mol. The number of piperidine rings is 1. The molecule has 1 heterocycles. The molecule has 4 nitrogen and oxygen atoms in total. The van der Waals surface area contributed by atoms with Gasteiger partial charge in [0.15, 0.2) is 0 Å². The van der Waals surface area contributed by atoms with E-state index < -0.39 is 0 Å². The van der Waals surface area contributed by atoms with Crippen LogP contribution in [0.5, 0.6) is 0 Å². The Kier molecular flexibility index (Phi) is 4.20. The van der Waals surface area contributed by atoms with Crippen molar-refractivity contribution in [3.8, 4) is 0 Å². The van der Waals surface area contributed by atoms with Gasteiger partial charge < -0.3 is 14.7 Å². The number of carbonyl (C=O) groups is 1. The Morgan fingerprint density at radius 2 is 2.21 bits per heavy atom. The van der Waals surface area contributed by atoms with Crippen molar-refractivity contribution in [1.82, 2.24) is 4.90 Å². The molecule has 0 bridgehead atoms. The third-order valence-corrected chi connectivity index (χ3v) is 2.67. The Balaban J connectivity index is 2.43. The van der Waals surface area contributed by atoms with Crippen LogP contribution in [0.2, 0.25) is 0 Å². The molecule has 2 unspecified atom stereocenters. The number of amides is 1. The van der Waals surface area contributed by atoms with Gasteiger partial charge in [-0.2, -0.15) is 0 Å². The zero-order valence-corrected chi connectivity index (χ0v) is 8.90. The van der Waals surface area contributed by atoms with Crippen molar-refractivity contribution in [2.24, 2.45) is 5.92 Å². The van der Waals surface area contributed by atoms with E-state index in [2.05, 4.69) is 6.92 Å². The van der Waals surface area contributed by atoms with Crippen LogP contribution in [-0.4, -0.2) is 41.9 Å². The highest BCUT2D eigenvalue weighted by atomic mass is 16.6. The molecule has 0 aromatic rings. The van der Waals surface area contributed by atoms with Crippen molar-refractivity contribution in [3.05, 3.63) is 0 Å². The van der Waals surface area contributed by atoms with E-state index in [0.29, 0.717) is 5.92 Å². The van der Waals surface area contributed by atoms with Crippen molar-refractivity contribution in [1.29, 1.82) is 0 Å². The molecule has 1 aliphatic rings. The zero-order valence-electron chi connectivity index (χ0n) is 8.90.